The Morgan fingerprint density at radius 3 is 2.56 bits per heavy atom. The molecular weight excluding hydrogens is 231 g/mol. The van der Waals surface area contributed by atoms with Gasteiger partial charge in [-0.15, -0.1) is 0 Å². The molecule has 0 bridgehead atoms. The van der Waals surface area contributed by atoms with Crippen LogP contribution in [0.1, 0.15) is 11.5 Å². The van der Waals surface area contributed by atoms with Crippen molar-refractivity contribution in [1.82, 2.24) is 0 Å². The van der Waals surface area contributed by atoms with Crippen molar-refractivity contribution >= 4 is 9.84 Å². The zero-order valence-corrected chi connectivity index (χ0v) is 9.61. The first kappa shape index (κ1) is 11.5. The van der Waals surface area contributed by atoms with E-state index in [1.165, 1.54) is 12.1 Å². The SMILES string of the molecule is CS(=O)(=O)C1C(CO)C1c1cccc(F)c1. The van der Waals surface area contributed by atoms with Crippen molar-refractivity contribution in [2.24, 2.45) is 5.92 Å². The molecule has 1 aliphatic rings. The fourth-order valence-corrected chi connectivity index (χ4v) is 3.99. The number of rotatable bonds is 3. The molecule has 5 heteroatoms. The van der Waals surface area contributed by atoms with Crippen LogP contribution in [0.15, 0.2) is 24.3 Å². The van der Waals surface area contributed by atoms with Gasteiger partial charge in [-0.05, 0) is 17.7 Å². The van der Waals surface area contributed by atoms with E-state index in [-0.39, 0.29) is 24.3 Å². The third-order valence-electron chi connectivity index (χ3n) is 3.04. The Hall–Kier alpha value is -0.940. The molecule has 0 radical (unpaired) electrons. The van der Waals surface area contributed by atoms with Crippen molar-refractivity contribution < 1.29 is 17.9 Å². The average molecular weight is 244 g/mol. The largest absolute Gasteiger partial charge is 0.396 e. The van der Waals surface area contributed by atoms with Crippen LogP contribution < -0.4 is 0 Å². The molecule has 0 heterocycles. The molecule has 0 spiro atoms. The van der Waals surface area contributed by atoms with Gasteiger partial charge in [-0.2, -0.15) is 0 Å². The summed E-state index contributed by atoms with van der Waals surface area (Å²) in [4.78, 5) is 0. The summed E-state index contributed by atoms with van der Waals surface area (Å²) in [6.07, 6.45) is 1.15. The highest BCUT2D eigenvalue weighted by Crippen LogP contribution is 2.51. The quantitative estimate of drug-likeness (QED) is 0.861. The smallest absolute Gasteiger partial charge is 0.151 e. The fourth-order valence-electron chi connectivity index (χ4n) is 2.29. The van der Waals surface area contributed by atoms with Crippen molar-refractivity contribution in [3.8, 4) is 0 Å². The summed E-state index contributed by atoms with van der Waals surface area (Å²) in [5.41, 5.74) is 0.648. The van der Waals surface area contributed by atoms with E-state index in [9.17, 15) is 12.8 Å². The van der Waals surface area contributed by atoms with Gasteiger partial charge in [-0.1, -0.05) is 12.1 Å². The maximum atomic E-state index is 13.0. The zero-order valence-electron chi connectivity index (χ0n) is 8.80. The number of hydrogen-bond acceptors (Lipinski definition) is 3. The van der Waals surface area contributed by atoms with Gasteiger partial charge in [-0.25, -0.2) is 12.8 Å². The summed E-state index contributed by atoms with van der Waals surface area (Å²) in [5.74, 6) is -0.944. The lowest BCUT2D eigenvalue weighted by molar-refractivity contribution is 0.274. The predicted octanol–water partition coefficient (Wildman–Crippen LogP) is 0.945. The highest BCUT2D eigenvalue weighted by Gasteiger charge is 2.56. The Labute approximate surface area is 93.8 Å². The van der Waals surface area contributed by atoms with Crippen LogP contribution in [0.5, 0.6) is 0 Å². The summed E-state index contributed by atoms with van der Waals surface area (Å²) in [5, 5.41) is 8.51. The van der Waals surface area contributed by atoms with Crippen molar-refractivity contribution in [2.45, 2.75) is 11.2 Å². The molecule has 0 amide bonds. The minimum Gasteiger partial charge on any atom is -0.396 e. The lowest BCUT2D eigenvalue weighted by Crippen LogP contribution is -2.08. The second-order valence-electron chi connectivity index (χ2n) is 4.22. The fraction of sp³-hybridized carbons (Fsp3) is 0.455. The van der Waals surface area contributed by atoms with Crippen LogP contribution >= 0.6 is 0 Å². The highest BCUT2D eigenvalue weighted by atomic mass is 32.2. The van der Waals surface area contributed by atoms with Gasteiger partial charge in [-0.3, -0.25) is 0 Å². The maximum absolute atomic E-state index is 13.0. The monoisotopic (exact) mass is 244 g/mol. The summed E-state index contributed by atoms with van der Waals surface area (Å²) in [7, 11) is -3.18. The molecule has 2 rings (SSSR count). The van der Waals surface area contributed by atoms with Crippen LogP contribution in [0, 0.1) is 11.7 Å². The van der Waals surface area contributed by atoms with E-state index < -0.39 is 15.1 Å². The van der Waals surface area contributed by atoms with E-state index in [1.807, 2.05) is 0 Å². The number of aliphatic hydroxyl groups excluding tert-OH is 1. The average Bonchev–Trinajstić information content (AvgIpc) is 2.91. The number of benzene rings is 1. The lowest BCUT2D eigenvalue weighted by atomic mass is 10.1. The van der Waals surface area contributed by atoms with Crippen LogP contribution in [-0.4, -0.2) is 31.6 Å². The van der Waals surface area contributed by atoms with Gasteiger partial charge in [0.2, 0.25) is 0 Å². The standard InChI is InChI=1S/C11H13FO3S/c1-16(14,15)11-9(6-13)10(11)7-3-2-4-8(12)5-7/h2-5,9-11,13H,6H2,1H3. The molecule has 0 saturated heterocycles. The van der Waals surface area contributed by atoms with E-state index in [0.29, 0.717) is 5.56 Å². The first-order valence-electron chi connectivity index (χ1n) is 5.00. The van der Waals surface area contributed by atoms with Crippen molar-refractivity contribution in [3.63, 3.8) is 0 Å². The second kappa shape index (κ2) is 3.82. The topological polar surface area (TPSA) is 54.4 Å². The summed E-state index contributed by atoms with van der Waals surface area (Å²) in [6, 6.07) is 5.89. The Morgan fingerprint density at radius 2 is 2.12 bits per heavy atom. The van der Waals surface area contributed by atoms with Crippen molar-refractivity contribution in [2.75, 3.05) is 12.9 Å². The summed E-state index contributed by atoms with van der Waals surface area (Å²) < 4.78 is 35.9. The van der Waals surface area contributed by atoms with Gasteiger partial charge in [0.05, 0.1) is 5.25 Å². The predicted molar refractivity (Wildman–Crippen MR) is 58.3 cm³/mol. The molecular formula is C11H13FO3S. The summed E-state index contributed by atoms with van der Waals surface area (Å²) in [6.45, 7) is -0.182. The molecule has 1 N–H and O–H groups in total. The Morgan fingerprint density at radius 1 is 1.44 bits per heavy atom. The molecule has 3 atom stereocenters. The van der Waals surface area contributed by atoms with Crippen LogP contribution in [0.3, 0.4) is 0 Å². The molecule has 88 valence electrons. The van der Waals surface area contributed by atoms with Crippen molar-refractivity contribution in [1.29, 1.82) is 0 Å². The van der Waals surface area contributed by atoms with Crippen LogP contribution in [0.25, 0.3) is 0 Å². The van der Waals surface area contributed by atoms with Crippen LogP contribution in [-0.2, 0) is 9.84 Å². The molecule has 16 heavy (non-hydrogen) atoms. The lowest BCUT2D eigenvalue weighted by Gasteiger charge is -1.99. The van der Waals surface area contributed by atoms with E-state index in [2.05, 4.69) is 0 Å². The van der Waals surface area contributed by atoms with E-state index >= 15 is 0 Å². The molecule has 1 aromatic carbocycles. The highest BCUT2D eigenvalue weighted by molar-refractivity contribution is 7.91. The normalized spacial score (nSPS) is 29.1. The van der Waals surface area contributed by atoms with Gasteiger partial charge >= 0.3 is 0 Å². The molecule has 3 unspecified atom stereocenters. The molecule has 3 nitrogen and oxygen atoms in total. The molecule has 1 aliphatic carbocycles. The molecule has 1 saturated carbocycles. The maximum Gasteiger partial charge on any atom is 0.151 e. The van der Waals surface area contributed by atoms with Crippen molar-refractivity contribution in [3.05, 3.63) is 35.6 Å². The third kappa shape index (κ3) is 1.97. The zero-order chi connectivity index (χ0) is 11.9. The Kier molecular flexibility index (Phi) is 2.75. The minimum atomic E-state index is -3.18. The number of halogens is 1. The van der Waals surface area contributed by atoms with Gasteiger partial charge in [0.15, 0.2) is 9.84 Å². The van der Waals surface area contributed by atoms with Gasteiger partial charge in [0.25, 0.3) is 0 Å². The first-order valence-corrected chi connectivity index (χ1v) is 6.96. The first-order chi connectivity index (χ1) is 7.45. The third-order valence-corrected chi connectivity index (χ3v) is 4.67. The number of sulfone groups is 1. The van der Waals surface area contributed by atoms with Gasteiger partial charge < -0.3 is 5.11 Å². The van der Waals surface area contributed by atoms with Gasteiger partial charge in [0, 0.05) is 24.7 Å². The van der Waals surface area contributed by atoms with Gasteiger partial charge in [0.1, 0.15) is 5.82 Å². The van der Waals surface area contributed by atoms with E-state index in [4.69, 9.17) is 5.11 Å². The Bertz CT molecular complexity index is 498. The molecule has 0 aromatic heterocycles. The van der Waals surface area contributed by atoms with E-state index in [0.717, 1.165) is 6.26 Å². The summed E-state index contributed by atoms with van der Waals surface area (Å²) >= 11 is 0. The Balaban J connectivity index is 2.30. The number of hydrogen-bond donors (Lipinski definition) is 1. The van der Waals surface area contributed by atoms with E-state index in [1.54, 1.807) is 12.1 Å². The number of aliphatic hydroxyl groups is 1. The minimum absolute atomic E-state index is 0.182. The molecule has 0 aliphatic heterocycles. The van der Waals surface area contributed by atoms with Crippen LogP contribution in [0.4, 0.5) is 4.39 Å². The molecule has 1 aromatic rings. The molecule has 1 fully saturated rings. The van der Waals surface area contributed by atoms with Crippen LogP contribution in [0.2, 0.25) is 0 Å². The second-order valence-corrected chi connectivity index (χ2v) is 6.42.